The molecule has 0 radical (unpaired) electrons. The predicted molar refractivity (Wildman–Crippen MR) is 126 cm³/mol. The molecule has 8 heteroatoms. The number of carbonyl (C=O) groups is 2. The van der Waals surface area contributed by atoms with Gasteiger partial charge in [-0.1, -0.05) is 56.3 Å². The van der Waals surface area contributed by atoms with Crippen molar-refractivity contribution >= 4 is 21.8 Å². The van der Waals surface area contributed by atoms with E-state index >= 15 is 0 Å². The molecule has 0 N–H and O–H groups in total. The molecule has 0 saturated carbocycles. The second-order valence-electron chi connectivity index (χ2n) is 9.07. The highest BCUT2D eigenvalue weighted by molar-refractivity contribution is 7.89. The third-order valence-corrected chi connectivity index (χ3v) is 8.52. The monoisotopic (exact) mass is 469 g/mol. The zero-order valence-corrected chi connectivity index (χ0v) is 20.0. The third-order valence-electron chi connectivity index (χ3n) is 6.61. The van der Waals surface area contributed by atoms with Crippen molar-refractivity contribution in [1.29, 1.82) is 0 Å². The molecule has 7 nitrogen and oxygen atoms in total. The van der Waals surface area contributed by atoms with Crippen molar-refractivity contribution in [2.24, 2.45) is 0 Å². The predicted octanol–water partition coefficient (Wildman–Crippen LogP) is 2.83. The van der Waals surface area contributed by atoms with E-state index in [2.05, 4.69) is 13.8 Å². The molecule has 2 aromatic carbocycles. The quantitative estimate of drug-likeness (QED) is 0.610. The van der Waals surface area contributed by atoms with Crippen LogP contribution < -0.4 is 0 Å². The highest BCUT2D eigenvalue weighted by Gasteiger charge is 2.39. The number of piperazine rings is 1. The lowest BCUT2D eigenvalue weighted by Crippen LogP contribution is -2.58. The molecule has 2 aromatic rings. The van der Waals surface area contributed by atoms with Gasteiger partial charge in [0.15, 0.2) is 0 Å². The Hall–Kier alpha value is -2.71. The maximum atomic E-state index is 13.1. The summed E-state index contributed by atoms with van der Waals surface area (Å²) in [4.78, 5) is 29.0. The molecular formula is C25H31N3O4S. The molecule has 2 saturated heterocycles. The number of nitrogens with zero attached hydrogens (tertiary/aromatic N) is 3. The summed E-state index contributed by atoms with van der Waals surface area (Å²) in [7, 11) is -3.57. The molecule has 2 aliphatic heterocycles. The van der Waals surface area contributed by atoms with E-state index in [1.165, 1.54) is 4.31 Å². The van der Waals surface area contributed by atoms with Crippen molar-refractivity contribution < 1.29 is 18.0 Å². The number of hydrogen-bond donors (Lipinski definition) is 0. The molecule has 33 heavy (non-hydrogen) atoms. The van der Waals surface area contributed by atoms with E-state index in [9.17, 15) is 18.0 Å². The molecule has 0 atom stereocenters. The molecule has 2 heterocycles. The van der Waals surface area contributed by atoms with Crippen molar-refractivity contribution in [3.05, 3.63) is 65.7 Å². The van der Waals surface area contributed by atoms with Crippen LogP contribution in [0.4, 0.5) is 0 Å². The van der Waals surface area contributed by atoms with Crippen molar-refractivity contribution in [3.63, 3.8) is 0 Å². The van der Waals surface area contributed by atoms with E-state index < -0.39 is 21.8 Å². The molecule has 176 valence electrons. The van der Waals surface area contributed by atoms with Gasteiger partial charge >= 0.3 is 11.8 Å². The van der Waals surface area contributed by atoms with E-state index in [0.29, 0.717) is 56.4 Å². The Morgan fingerprint density at radius 2 is 1.48 bits per heavy atom. The highest BCUT2D eigenvalue weighted by atomic mass is 32.2. The average Bonchev–Trinajstić information content (AvgIpc) is 2.83. The number of carbonyl (C=O) groups excluding carboxylic acids is 2. The fourth-order valence-electron chi connectivity index (χ4n) is 4.56. The Morgan fingerprint density at radius 3 is 2.09 bits per heavy atom. The molecule has 2 aliphatic rings. The fraction of sp³-hybridized carbons (Fsp3) is 0.440. The van der Waals surface area contributed by atoms with Gasteiger partial charge in [-0.25, -0.2) is 8.42 Å². The lowest BCUT2D eigenvalue weighted by atomic mass is 10.0. The van der Waals surface area contributed by atoms with Crippen LogP contribution >= 0.6 is 0 Å². The van der Waals surface area contributed by atoms with E-state index in [-0.39, 0.29) is 6.04 Å². The Balaban J connectivity index is 1.36. The summed E-state index contributed by atoms with van der Waals surface area (Å²) in [6.07, 6.45) is 1.06. The largest absolute Gasteiger partial charge is 0.330 e. The Morgan fingerprint density at radius 1 is 0.848 bits per heavy atom. The first kappa shape index (κ1) is 23.4. The maximum absolute atomic E-state index is 13.1. The SMILES string of the molecule is CC(C)c1ccc(S(=O)(=O)N2CCC(N3CCN(Cc4ccccc4)C(=O)C3=O)CC2)cc1. The van der Waals surface area contributed by atoms with Crippen molar-refractivity contribution in [3.8, 4) is 0 Å². The molecule has 2 amide bonds. The van der Waals surface area contributed by atoms with Gasteiger partial charge in [0.2, 0.25) is 10.0 Å². The van der Waals surface area contributed by atoms with E-state index in [0.717, 1.165) is 11.1 Å². The summed E-state index contributed by atoms with van der Waals surface area (Å²) in [5.41, 5.74) is 2.09. The van der Waals surface area contributed by atoms with Crippen LogP contribution in [-0.4, -0.2) is 66.6 Å². The zero-order valence-electron chi connectivity index (χ0n) is 19.2. The summed E-state index contributed by atoms with van der Waals surface area (Å²) in [6.45, 7) is 6.20. The van der Waals surface area contributed by atoms with Gasteiger partial charge in [-0.3, -0.25) is 9.59 Å². The first-order valence-electron chi connectivity index (χ1n) is 11.5. The fourth-order valence-corrected chi connectivity index (χ4v) is 6.03. The molecule has 2 fully saturated rings. The number of benzene rings is 2. The molecular weight excluding hydrogens is 438 g/mol. The molecule has 0 unspecified atom stereocenters. The average molecular weight is 470 g/mol. The first-order chi connectivity index (χ1) is 15.8. The molecule has 0 spiro atoms. The van der Waals surface area contributed by atoms with Gasteiger partial charge in [-0.2, -0.15) is 4.31 Å². The lowest BCUT2D eigenvalue weighted by molar-refractivity contribution is -0.158. The number of hydrogen-bond acceptors (Lipinski definition) is 4. The minimum Gasteiger partial charge on any atom is -0.330 e. The highest BCUT2D eigenvalue weighted by Crippen LogP contribution is 2.26. The van der Waals surface area contributed by atoms with Crippen molar-refractivity contribution in [2.45, 2.75) is 50.1 Å². The number of piperidine rings is 1. The van der Waals surface area contributed by atoms with E-state index in [1.54, 1.807) is 21.9 Å². The Kier molecular flexibility index (Phi) is 6.86. The van der Waals surface area contributed by atoms with Crippen molar-refractivity contribution in [1.82, 2.24) is 14.1 Å². The summed E-state index contributed by atoms with van der Waals surface area (Å²) >= 11 is 0. The Bertz CT molecular complexity index is 1090. The first-order valence-corrected chi connectivity index (χ1v) is 13.0. The van der Waals surface area contributed by atoms with Gasteiger partial charge in [0.05, 0.1) is 4.90 Å². The van der Waals surface area contributed by atoms with Crippen LogP contribution in [0.1, 0.15) is 43.7 Å². The second kappa shape index (κ2) is 9.65. The van der Waals surface area contributed by atoms with Crippen LogP contribution in [0.15, 0.2) is 59.5 Å². The molecule has 4 rings (SSSR count). The maximum Gasteiger partial charge on any atom is 0.312 e. The number of rotatable bonds is 6. The molecule has 0 aliphatic carbocycles. The summed E-state index contributed by atoms with van der Waals surface area (Å²) < 4.78 is 27.6. The summed E-state index contributed by atoms with van der Waals surface area (Å²) in [5, 5.41) is 0. The minimum absolute atomic E-state index is 0.116. The number of sulfonamides is 1. The smallest absolute Gasteiger partial charge is 0.312 e. The normalized spacial score (nSPS) is 18.9. The summed E-state index contributed by atoms with van der Waals surface area (Å²) in [6, 6.07) is 16.6. The van der Waals surface area contributed by atoms with Crippen LogP contribution in [0.5, 0.6) is 0 Å². The molecule has 0 bridgehead atoms. The standard InChI is InChI=1S/C25H31N3O4S/c1-19(2)21-8-10-23(11-9-21)33(31,32)27-14-12-22(13-15-27)28-17-16-26(24(29)25(28)30)18-20-6-4-3-5-7-20/h3-11,19,22H,12-18H2,1-2H3. The van der Waals surface area contributed by atoms with Gasteiger partial charge in [-0.05, 0) is 42.0 Å². The summed E-state index contributed by atoms with van der Waals surface area (Å²) in [5.74, 6) is -0.626. The third kappa shape index (κ3) is 4.96. The number of amides is 2. The lowest BCUT2D eigenvalue weighted by Gasteiger charge is -2.41. The van der Waals surface area contributed by atoms with Crippen LogP contribution in [0.25, 0.3) is 0 Å². The van der Waals surface area contributed by atoms with Gasteiger partial charge in [-0.15, -0.1) is 0 Å². The van der Waals surface area contributed by atoms with Crippen LogP contribution in [-0.2, 0) is 26.2 Å². The van der Waals surface area contributed by atoms with E-state index in [4.69, 9.17) is 0 Å². The van der Waals surface area contributed by atoms with Crippen LogP contribution in [0.3, 0.4) is 0 Å². The topological polar surface area (TPSA) is 78.0 Å². The van der Waals surface area contributed by atoms with Gasteiger partial charge in [0, 0.05) is 38.8 Å². The van der Waals surface area contributed by atoms with Gasteiger partial charge in [0.25, 0.3) is 0 Å². The van der Waals surface area contributed by atoms with Crippen molar-refractivity contribution in [2.75, 3.05) is 26.2 Å². The molecule has 0 aromatic heterocycles. The van der Waals surface area contributed by atoms with Gasteiger partial charge < -0.3 is 9.80 Å². The Labute approximate surface area is 196 Å². The van der Waals surface area contributed by atoms with E-state index in [1.807, 2.05) is 42.5 Å². The minimum atomic E-state index is -3.57. The van der Waals surface area contributed by atoms with Gasteiger partial charge in [0.1, 0.15) is 0 Å². The van der Waals surface area contributed by atoms with Crippen LogP contribution in [0, 0.1) is 0 Å². The zero-order chi connectivity index (χ0) is 23.6. The second-order valence-corrected chi connectivity index (χ2v) is 11.0. The van der Waals surface area contributed by atoms with Crippen LogP contribution in [0.2, 0.25) is 0 Å².